The van der Waals surface area contributed by atoms with Crippen molar-refractivity contribution in [1.82, 2.24) is 5.16 Å². The minimum Gasteiger partial charge on any atom is -0.380 e. The van der Waals surface area contributed by atoms with Gasteiger partial charge in [0.25, 0.3) is 0 Å². The third-order valence-electron chi connectivity index (χ3n) is 2.00. The molecule has 0 bridgehead atoms. The lowest BCUT2D eigenvalue weighted by Gasteiger charge is -1.98. The van der Waals surface area contributed by atoms with E-state index < -0.39 is 0 Å². The number of aryl methyl sites for hydroxylation is 1. The van der Waals surface area contributed by atoms with Gasteiger partial charge < -0.3 is 10.3 Å². The predicted molar refractivity (Wildman–Crippen MR) is 51.0 cm³/mol. The molecule has 0 amide bonds. The average Bonchev–Trinajstić information content (AvgIpc) is 2.46. The van der Waals surface area contributed by atoms with E-state index in [0.717, 1.165) is 0 Å². The zero-order valence-corrected chi connectivity index (χ0v) is 7.62. The van der Waals surface area contributed by atoms with Crippen LogP contribution in [0.25, 0.3) is 11.1 Å². The molecule has 0 aliphatic heterocycles. The molecule has 0 aliphatic rings. The monoisotopic (exact) mass is 192 g/mol. The van der Waals surface area contributed by atoms with Gasteiger partial charge in [0.1, 0.15) is 11.6 Å². The fourth-order valence-corrected chi connectivity index (χ4v) is 1.38. The van der Waals surface area contributed by atoms with E-state index in [-0.39, 0.29) is 11.6 Å². The number of nitrogens with zero attached hydrogens (tertiary/aromatic N) is 1. The molecule has 2 aromatic rings. The van der Waals surface area contributed by atoms with Gasteiger partial charge in [0.2, 0.25) is 0 Å². The van der Waals surface area contributed by atoms with Gasteiger partial charge in [0.05, 0.1) is 5.56 Å². The second-order valence-corrected chi connectivity index (χ2v) is 3.01. The highest BCUT2D eigenvalue weighted by Crippen LogP contribution is 2.28. The van der Waals surface area contributed by atoms with Gasteiger partial charge in [-0.2, -0.15) is 0 Å². The minimum atomic E-state index is -0.303. The second-order valence-electron chi connectivity index (χ2n) is 3.01. The zero-order chi connectivity index (χ0) is 10.1. The highest BCUT2D eigenvalue weighted by molar-refractivity contribution is 5.75. The number of aromatic nitrogens is 1. The molecule has 0 saturated carbocycles. The molecule has 2 N–H and O–H groups in total. The number of rotatable bonds is 1. The maximum absolute atomic E-state index is 12.9. The molecule has 0 spiro atoms. The molecular weight excluding hydrogens is 183 g/mol. The summed E-state index contributed by atoms with van der Waals surface area (Å²) in [6.07, 6.45) is 0. The molecule has 0 unspecified atom stereocenters. The molecular formula is C10H9FN2O. The summed E-state index contributed by atoms with van der Waals surface area (Å²) in [6.45, 7) is 1.74. The van der Waals surface area contributed by atoms with Crippen LogP contribution in [0.3, 0.4) is 0 Å². The van der Waals surface area contributed by atoms with Crippen LogP contribution < -0.4 is 5.73 Å². The van der Waals surface area contributed by atoms with Gasteiger partial charge in [-0.25, -0.2) is 4.39 Å². The summed E-state index contributed by atoms with van der Waals surface area (Å²) in [5, 5.41) is 3.60. The van der Waals surface area contributed by atoms with Crippen molar-refractivity contribution in [3.8, 4) is 11.1 Å². The van der Waals surface area contributed by atoms with Crippen molar-refractivity contribution in [3.05, 3.63) is 35.8 Å². The fraction of sp³-hybridized carbons (Fsp3) is 0.100. The first-order valence-electron chi connectivity index (χ1n) is 4.16. The Hall–Kier alpha value is -1.84. The number of anilines is 1. The summed E-state index contributed by atoms with van der Waals surface area (Å²) in [5.74, 6) is 0.573. The van der Waals surface area contributed by atoms with Gasteiger partial charge in [-0.3, -0.25) is 0 Å². The molecule has 0 atom stereocenters. The van der Waals surface area contributed by atoms with Crippen LogP contribution in [0.5, 0.6) is 0 Å². The third kappa shape index (κ3) is 1.35. The number of hydrogen-bond acceptors (Lipinski definition) is 3. The average molecular weight is 192 g/mol. The smallest absolute Gasteiger partial charge is 0.175 e. The standard InChI is InChI=1S/C10H9FN2O/c1-6-9(10(12)13-14-6)7-3-2-4-8(11)5-7/h2-5H,1H3,(H2,12,13). The van der Waals surface area contributed by atoms with Gasteiger partial charge in [0.15, 0.2) is 5.82 Å². The van der Waals surface area contributed by atoms with E-state index in [2.05, 4.69) is 5.16 Å². The van der Waals surface area contributed by atoms with Crippen molar-refractivity contribution in [3.63, 3.8) is 0 Å². The molecule has 0 aliphatic carbocycles. The Morgan fingerprint density at radius 2 is 2.21 bits per heavy atom. The summed E-state index contributed by atoms with van der Waals surface area (Å²) in [4.78, 5) is 0. The van der Waals surface area contributed by atoms with Gasteiger partial charge in [-0.15, -0.1) is 0 Å². The third-order valence-corrected chi connectivity index (χ3v) is 2.00. The van der Waals surface area contributed by atoms with Crippen LogP contribution >= 0.6 is 0 Å². The molecule has 0 radical (unpaired) electrons. The Morgan fingerprint density at radius 3 is 2.79 bits per heavy atom. The second kappa shape index (κ2) is 3.14. The summed E-state index contributed by atoms with van der Waals surface area (Å²) < 4.78 is 17.8. The van der Waals surface area contributed by atoms with Crippen LogP contribution in [0.4, 0.5) is 10.2 Å². The van der Waals surface area contributed by atoms with Crippen LogP contribution in [0.2, 0.25) is 0 Å². The van der Waals surface area contributed by atoms with Crippen LogP contribution in [0, 0.1) is 12.7 Å². The van der Waals surface area contributed by atoms with Crippen LogP contribution in [0.1, 0.15) is 5.76 Å². The first-order valence-corrected chi connectivity index (χ1v) is 4.16. The Balaban J connectivity index is 2.59. The van der Waals surface area contributed by atoms with Crippen molar-refractivity contribution >= 4 is 5.82 Å². The number of nitrogen functional groups attached to an aromatic ring is 1. The topological polar surface area (TPSA) is 52.0 Å². The van der Waals surface area contributed by atoms with Gasteiger partial charge in [0, 0.05) is 0 Å². The SMILES string of the molecule is Cc1onc(N)c1-c1cccc(F)c1. The van der Waals surface area contributed by atoms with E-state index >= 15 is 0 Å². The quantitative estimate of drug-likeness (QED) is 0.754. The number of hydrogen-bond donors (Lipinski definition) is 1. The Labute approximate surface area is 80.3 Å². The van der Waals surface area contributed by atoms with Crippen molar-refractivity contribution < 1.29 is 8.91 Å². The zero-order valence-electron chi connectivity index (χ0n) is 7.62. The van der Waals surface area contributed by atoms with Gasteiger partial charge >= 0.3 is 0 Å². The van der Waals surface area contributed by atoms with Crippen molar-refractivity contribution in [2.45, 2.75) is 6.92 Å². The Morgan fingerprint density at radius 1 is 1.43 bits per heavy atom. The normalized spacial score (nSPS) is 10.4. The molecule has 14 heavy (non-hydrogen) atoms. The first-order chi connectivity index (χ1) is 6.68. The lowest BCUT2D eigenvalue weighted by atomic mass is 10.1. The van der Waals surface area contributed by atoms with E-state index in [1.54, 1.807) is 19.1 Å². The minimum absolute atomic E-state index is 0.285. The molecule has 4 heteroatoms. The van der Waals surface area contributed by atoms with Crippen molar-refractivity contribution in [1.29, 1.82) is 0 Å². The molecule has 0 fully saturated rings. The molecule has 3 nitrogen and oxygen atoms in total. The molecule has 1 aromatic heterocycles. The van der Waals surface area contributed by atoms with Gasteiger partial charge in [-0.05, 0) is 24.6 Å². The Kier molecular flexibility index (Phi) is 1.96. The maximum atomic E-state index is 12.9. The molecule has 2 rings (SSSR count). The van der Waals surface area contributed by atoms with Crippen LogP contribution in [-0.4, -0.2) is 5.16 Å². The fourth-order valence-electron chi connectivity index (χ4n) is 1.38. The molecule has 1 heterocycles. The van der Waals surface area contributed by atoms with Crippen LogP contribution in [-0.2, 0) is 0 Å². The summed E-state index contributed by atoms with van der Waals surface area (Å²) in [5.41, 5.74) is 6.93. The molecule has 0 saturated heterocycles. The number of nitrogens with two attached hydrogens (primary N) is 1. The summed E-state index contributed by atoms with van der Waals surface area (Å²) >= 11 is 0. The lowest BCUT2D eigenvalue weighted by molar-refractivity contribution is 0.401. The predicted octanol–water partition coefficient (Wildman–Crippen LogP) is 2.37. The molecule has 72 valence electrons. The summed E-state index contributed by atoms with van der Waals surface area (Å²) in [7, 11) is 0. The first kappa shape index (κ1) is 8.74. The number of benzene rings is 1. The van der Waals surface area contributed by atoms with Gasteiger partial charge in [-0.1, -0.05) is 17.3 Å². The van der Waals surface area contributed by atoms with E-state index in [4.69, 9.17) is 10.3 Å². The van der Waals surface area contributed by atoms with E-state index in [1.165, 1.54) is 12.1 Å². The largest absolute Gasteiger partial charge is 0.380 e. The van der Waals surface area contributed by atoms with E-state index in [9.17, 15) is 4.39 Å². The number of halogens is 1. The van der Waals surface area contributed by atoms with Crippen LogP contribution in [0.15, 0.2) is 28.8 Å². The van der Waals surface area contributed by atoms with Crippen molar-refractivity contribution in [2.24, 2.45) is 0 Å². The maximum Gasteiger partial charge on any atom is 0.175 e. The molecule has 1 aromatic carbocycles. The lowest BCUT2D eigenvalue weighted by Crippen LogP contribution is -1.88. The van der Waals surface area contributed by atoms with Crippen molar-refractivity contribution in [2.75, 3.05) is 5.73 Å². The van der Waals surface area contributed by atoms with E-state index in [0.29, 0.717) is 16.9 Å². The highest BCUT2D eigenvalue weighted by atomic mass is 19.1. The van der Waals surface area contributed by atoms with E-state index in [1.807, 2.05) is 0 Å². The highest BCUT2D eigenvalue weighted by Gasteiger charge is 2.12. The Bertz CT molecular complexity index is 445. The summed E-state index contributed by atoms with van der Waals surface area (Å²) in [6, 6.07) is 6.16.